The molecule has 1 atom stereocenters. The molecule has 0 aliphatic heterocycles. The van der Waals surface area contributed by atoms with Gasteiger partial charge in [-0.3, -0.25) is 0 Å². The SMILES string of the molecule is CCCCc1ccc([C@@H](C)CO)cc1. The maximum Gasteiger partial charge on any atom is 0.0497 e. The van der Waals surface area contributed by atoms with E-state index in [0.29, 0.717) is 0 Å². The molecular weight excluding hydrogens is 172 g/mol. The summed E-state index contributed by atoms with van der Waals surface area (Å²) in [6.07, 6.45) is 3.67. The zero-order chi connectivity index (χ0) is 10.4. The van der Waals surface area contributed by atoms with Crippen LogP contribution in [-0.4, -0.2) is 11.7 Å². The molecule has 0 saturated carbocycles. The average molecular weight is 192 g/mol. The van der Waals surface area contributed by atoms with Crippen LogP contribution in [0.25, 0.3) is 0 Å². The third-order valence-electron chi connectivity index (χ3n) is 2.64. The molecule has 1 aromatic rings. The summed E-state index contributed by atoms with van der Waals surface area (Å²) < 4.78 is 0. The highest BCUT2D eigenvalue weighted by molar-refractivity contribution is 5.25. The summed E-state index contributed by atoms with van der Waals surface area (Å²) >= 11 is 0. The van der Waals surface area contributed by atoms with Crippen molar-refractivity contribution in [1.29, 1.82) is 0 Å². The smallest absolute Gasteiger partial charge is 0.0497 e. The minimum Gasteiger partial charge on any atom is -0.396 e. The number of rotatable bonds is 5. The van der Waals surface area contributed by atoms with E-state index in [9.17, 15) is 0 Å². The standard InChI is InChI=1S/C13H20O/c1-3-4-5-12-6-8-13(9-7-12)11(2)10-14/h6-9,11,14H,3-5,10H2,1-2H3/t11-/m0/s1. The van der Waals surface area contributed by atoms with Crippen LogP contribution in [0.2, 0.25) is 0 Å². The van der Waals surface area contributed by atoms with E-state index in [1.54, 1.807) is 0 Å². The Morgan fingerprint density at radius 2 is 1.86 bits per heavy atom. The van der Waals surface area contributed by atoms with Crippen molar-refractivity contribution in [1.82, 2.24) is 0 Å². The van der Waals surface area contributed by atoms with Crippen LogP contribution < -0.4 is 0 Å². The van der Waals surface area contributed by atoms with Gasteiger partial charge in [-0.2, -0.15) is 0 Å². The molecule has 1 N–H and O–H groups in total. The van der Waals surface area contributed by atoms with E-state index in [1.165, 1.54) is 30.4 Å². The van der Waals surface area contributed by atoms with E-state index in [0.717, 1.165) is 0 Å². The molecule has 0 bridgehead atoms. The van der Waals surface area contributed by atoms with Crippen LogP contribution in [0.4, 0.5) is 0 Å². The van der Waals surface area contributed by atoms with Crippen molar-refractivity contribution in [2.75, 3.05) is 6.61 Å². The van der Waals surface area contributed by atoms with E-state index in [2.05, 4.69) is 31.2 Å². The average Bonchev–Trinajstić information content (AvgIpc) is 2.26. The number of hydrogen-bond acceptors (Lipinski definition) is 1. The number of aliphatic hydroxyl groups excluding tert-OH is 1. The Balaban J connectivity index is 2.59. The fourth-order valence-electron chi connectivity index (χ4n) is 1.50. The predicted molar refractivity (Wildman–Crippen MR) is 60.6 cm³/mol. The van der Waals surface area contributed by atoms with E-state index >= 15 is 0 Å². The molecule has 14 heavy (non-hydrogen) atoms. The molecule has 0 spiro atoms. The second kappa shape index (κ2) is 5.82. The molecule has 1 aromatic carbocycles. The first-order valence-corrected chi connectivity index (χ1v) is 5.47. The molecule has 0 radical (unpaired) electrons. The molecule has 0 amide bonds. The van der Waals surface area contributed by atoms with Crippen molar-refractivity contribution >= 4 is 0 Å². The van der Waals surface area contributed by atoms with Gasteiger partial charge in [0.2, 0.25) is 0 Å². The van der Waals surface area contributed by atoms with Crippen molar-refractivity contribution in [2.45, 2.75) is 39.0 Å². The largest absolute Gasteiger partial charge is 0.396 e. The van der Waals surface area contributed by atoms with Gasteiger partial charge >= 0.3 is 0 Å². The third-order valence-corrected chi connectivity index (χ3v) is 2.64. The predicted octanol–water partition coefficient (Wildman–Crippen LogP) is 3.13. The van der Waals surface area contributed by atoms with Gasteiger partial charge in [-0.05, 0) is 24.0 Å². The molecule has 1 heteroatoms. The van der Waals surface area contributed by atoms with Crippen LogP contribution >= 0.6 is 0 Å². The Morgan fingerprint density at radius 3 is 2.36 bits per heavy atom. The van der Waals surface area contributed by atoms with Gasteiger partial charge in [-0.25, -0.2) is 0 Å². The van der Waals surface area contributed by atoms with E-state index in [1.807, 2.05) is 6.92 Å². The van der Waals surface area contributed by atoms with Gasteiger partial charge in [-0.15, -0.1) is 0 Å². The zero-order valence-electron chi connectivity index (χ0n) is 9.16. The summed E-state index contributed by atoms with van der Waals surface area (Å²) in [5.41, 5.74) is 2.63. The summed E-state index contributed by atoms with van der Waals surface area (Å²) in [4.78, 5) is 0. The molecule has 78 valence electrons. The van der Waals surface area contributed by atoms with Gasteiger partial charge in [0.25, 0.3) is 0 Å². The summed E-state index contributed by atoms with van der Waals surface area (Å²) in [5, 5.41) is 9.00. The Morgan fingerprint density at radius 1 is 1.21 bits per heavy atom. The lowest BCUT2D eigenvalue weighted by atomic mass is 9.99. The maximum atomic E-state index is 9.00. The van der Waals surface area contributed by atoms with Crippen LogP contribution in [0.1, 0.15) is 43.7 Å². The number of hydrogen-bond donors (Lipinski definition) is 1. The van der Waals surface area contributed by atoms with Crippen molar-refractivity contribution in [2.24, 2.45) is 0 Å². The Bertz CT molecular complexity index is 250. The minimum absolute atomic E-state index is 0.230. The van der Waals surface area contributed by atoms with E-state index in [-0.39, 0.29) is 12.5 Å². The van der Waals surface area contributed by atoms with Gasteiger partial charge in [0, 0.05) is 12.5 Å². The van der Waals surface area contributed by atoms with Crippen LogP contribution in [0.3, 0.4) is 0 Å². The van der Waals surface area contributed by atoms with Gasteiger partial charge in [0.15, 0.2) is 0 Å². The Hall–Kier alpha value is -0.820. The normalized spacial score (nSPS) is 12.8. The van der Waals surface area contributed by atoms with Gasteiger partial charge < -0.3 is 5.11 Å². The molecule has 1 nitrogen and oxygen atoms in total. The van der Waals surface area contributed by atoms with Crippen molar-refractivity contribution in [3.63, 3.8) is 0 Å². The minimum atomic E-state index is 0.230. The number of aryl methyl sites for hydroxylation is 1. The maximum absolute atomic E-state index is 9.00. The lowest BCUT2D eigenvalue weighted by molar-refractivity contribution is 0.273. The van der Waals surface area contributed by atoms with E-state index < -0.39 is 0 Å². The number of benzene rings is 1. The molecule has 0 fully saturated rings. The van der Waals surface area contributed by atoms with Crippen LogP contribution in [0, 0.1) is 0 Å². The van der Waals surface area contributed by atoms with Crippen LogP contribution in [-0.2, 0) is 6.42 Å². The Labute approximate surface area is 86.8 Å². The highest BCUT2D eigenvalue weighted by atomic mass is 16.3. The fraction of sp³-hybridized carbons (Fsp3) is 0.538. The summed E-state index contributed by atoms with van der Waals surface area (Å²) in [7, 11) is 0. The summed E-state index contributed by atoms with van der Waals surface area (Å²) in [6.45, 7) is 4.48. The molecule has 0 aliphatic rings. The third kappa shape index (κ3) is 3.15. The van der Waals surface area contributed by atoms with Crippen molar-refractivity contribution in [3.8, 4) is 0 Å². The highest BCUT2D eigenvalue weighted by Crippen LogP contribution is 2.15. The number of unbranched alkanes of at least 4 members (excludes halogenated alkanes) is 1. The molecular formula is C13H20O. The molecule has 0 saturated heterocycles. The monoisotopic (exact) mass is 192 g/mol. The first-order valence-electron chi connectivity index (χ1n) is 5.47. The molecule has 0 aliphatic carbocycles. The molecule has 1 rings (SSSR count). The first kappa shape index (κ1) is 11.3. The van der Waals surface area contributed by atoms with Crippen LogP contribution in [0.5, 0.6) is 0 Å². The second-order valence-corrected chi connectivity index (χ2v) is 3.93. The van der Waals surface area contributed by atoms with E-state index in [4.69, 9.17) is 5.11 Å². The Kier molecular flexibility index (Phi) is 4.68. The fourth-order valence-corrected chi connectivity index (χ4v) is 1.50. The molecule has 0 heterocycles. The summed E-state index contributed by atoms with van der Waals surface area (Å²) in [6, 6.07) is 8.62. The van der Waals surface area contributed by atoms with Crippen molar-refractivity contribution in [3.05, 3.63) is 35.4 Å². The number of aliphatic hydroxyl groups is 1. The lowest BCUT2D eigenvalue weighted by Crippen LogP contribution is -1.98. The highest BCUT2D eigenvalue weighted by Gasteiger charge is 2.02. The molecule has 0 unspecified atom stereocenters. The van der Waals surface area contributed by atoms with Gasteiger partial charge in [0.1, 0.15) is 0 Å². The van der Waals surface area contributed by atoms with Crippen molar-refractivity contribution < 1.29 is 5.11 Å². The first-order chi connectivity index (χ1) is 6.77. The lowest BCUT2D eigenvalue weighted by Gasteiger charge is -2.08. The molecule has 0 aromatic heterocycles. The quantitative estimate of drug-likeness (QED) is 0.760. The zero-order valence-corrected chi connectivity index (χ0v) is 9.16. The van der Waals surface area contributed by atoms with Crippen LogP contribution in [0.15, 0.2) is 24.3 Å². The topological polar surface area (TPSA) is 20.2 Å². The van der Waals surface area contributed by atoms with Gasteiger partial charge in [0.05, 0.1) is 0 Å². The second-order valence-electron chi connectivity index (χ2n) is 3.93. The van der Waals surface area contributed by atoms with Gasteiger partial charge in [-0.1, -0.05) is 44.5 Å². The summed E-state index contributed by atoms with van der Waals surface area (Å²) in [5.74, 6) is 0.259.